The number of nitrogens with one attached hydrogen (secondary N) is 1. The maximum atomic E-state index is 12.4. The summed E-state index contributed by atoms with van der Waals surface area (Å²) in [5.41, 5.74) is 5.11. The maximum absolute atomic E-state index is 12.4. The molecule has 1 fully saturated rings. The highest BCUT2D eigenvalue weighted by Crippen LogP contribution is 2.29. The number of hydrogen-bond acceptors (Lipinski definition) is 2. The molecule has 0 saturated heterocycles. The van der Waals surface area contributed by atoms with Gasteiger partial charge in [-0.3, -0.25) is 4.79 Å². The summed E-state index contributed by atoms with van der Waals surface area (Å²) in [5.74, 6) is -0.0857. The van der Waals surface area contributed by atoms with E-state index in [1.807, 2.05) is 0 Å². The van der Waals surface area contributed by atoms with Gasteiger partial charge in [0.2, 0.25) is 0 Å². The molecule has 1 aliphatic rings. The average Bonchev–Trinajstić information content (AvgIpc) is 2.85. The van der Waals surface area contributed by atoms with Crippen LogP contribution in [0.1, 0.15) is 35.2 Å². The van der Waals surface area contributed by atoms with E-state index in [-0.39, 0.29) is 35.8 Å². The second kappa shape index (κ2) is 7.13. The summed E-state index contributed by atoms with van der Waals surface area (Å²) in [7, 11) is 0. The second-order valence-corrected chi connectivity index (χ2v) is 5.08. The molecule has 3 N–H and O–H groups in total. The Kier molecular flexibility index (Phi) is 6.04. The molecule has 1 aromatic carbocycles. The van der Waals surface area contributed by atoms with E-state index in [1.54, 1.807) is 0 Å². The Morgan fingerprint density at radius 1 is 1.24 bits per heavy atom. The van der Waals surface area contributed by atoms with Crippen molar-refractivity contribution in [2.45, 2.75) is 31.5 Å². The van der Waals surface area contributed by atoms with Crippen molar-refractivity contribution >= 4 is 18.3 Å². The third-order valence-electron chi connectivity index (χ3n) is 3.75. The Bertz CT molecular complexity index is 476. The Morgan fingerprint density at radius 3 is 2.38 bits per heavy atom. The number of amides is 1. The van der Waals surface area contributed by atoms with Gasteiger partial charge in [0.1, 0.15) is 0 Å². The maximum Gasteiger partial charge on any atom is 0.416 e. The zero-order valence-electron chi connectivity index (χ0n) is 11.3. The van der Waals surface area contributed by atoms with Crippen LogP contribution in [0.25, 0.3) is 0 Å². The highest BCUT2D eigenvalue weighted by Gasteiger charge is 2.31. The molecule has 1 amide bonds. The van der Waals surface area contributed by atoms with Crippen molar-refractivity contribution < 1.29 is 18.0 Å². The van der Waals surface area contributed by atoms with Gasteiger partial charge in [-0.1, -0.05) is 6.42 Å². The quantitative estimate of drug-likeness (QED) is 0.899. The van der Waals surface area contributed by atoms with Crippen LogP contribution in [0.5, 0.6) is 0 Å². The first kappa shape index (κ1) is 17.8. The number of carbonyl (C=O) groups is 1. The first-order chi connectivity index (χ1) is 9.41. The zero-order valence-corrected chi connectivity index (χ0v) is 12.1. The van der Waals surface area contributed by atoms with E-state index in [0.717, 1.165) is 31.4 Å². The van der Waals surface area contributed by atoms with E-state index in [2.05, 4.69) is 5.32 Å². The summed E-state index contributed by atoms with van der Waals surface area (Å²) in [6, 6.07) is 4.26. The number of hydrogen-bond donors (Lipinski definition) is 2. The molecule has 118 valence electrons. The van der Waals surface area contributed by atoms with E-state index in [9.17, 15) is 18.0 Å². The van der Waals surface area contributed by atoms with Crippen LogP contribution in [0.3, 0.4) is 0 Å². The predicted molar refractivity (Wildman–Crippen MR) is 76.3 cm³/mol. The minimum atomic E-state index is -4.38. The standard InChI is InChI=1S/C14H17F3N2O.ClH/c15-14(16,17)11-6-4-9(5-7-11)13(20)19-12-3-1-2-10(12)8-18;/h4-7,10,12H,1-3,8,18H2,(H,19,20);1H. The molecule has 1 aromatic rings. The Labute approximate surface area is 127 Å². The third kappa shape index (κ3) is 4.35. The molecular weight excluding hydrogens is 305 g/mol. The lowest BCUT2D eigenvalue weighted by atomic mass is 10.0. The van der Waals surface area contributed by atoms with Crippen LogP contribution in [-0.2, 0) is 6.18 Å². The molecular formula is C14H18ClF3N2O. The van der Waals surface area contributed by atoms with Gasteiger partial charge in [0, 0.05) is 11.6 Å². The summed E-state index contributed by atoms with van der Waals surface area (Å²) in [5, 5.41) is 2.85. The molecule has 2 atom stereocenters. The molecule has 0 radical (unpaired) electrons. The lowest BCUT2D eigenvalue weighted by molar-refractivity contribution is -0.137. The largest absolute Gasteiger partial charge is 0.416 e. The van der Waals surface area contributed by atoms with E-state index < -0.39 is 11.7 Å². The van der Waals surface area contributed by atoms with Crippen molar-refractivity contribution in [3.63, 3.8) is 0 Å². The smallest absolute Gasteiger partial charge is 0.349 e. The number of halogens is 4. The molecule has 2 unspecified atom stereocenters. The zero-order chi connectivity index (χ0) is 14.8. The molecule has 1 saturated carbocycles. The Hall–Kier alpha value is -1.27. The normalized spacial score (nSPS) is 21.7. The van der Waals surface area contributed by atoms with Crippen LogP contribution in [0.15, 0.2) is 24.3 Å². The van der Waals surface area contributed by atoms with E-state index in [4.69, 9.17) is 5.73 Å². The van der Waals surface area contributed by atoms with Crippen molar-refractivity contribution in [2.24, 2.45) is 11.7 Å². The second-order valence-electron chi connectivity index (χ2n) is 5.08. The van der Waals surface area contributed by atoms with Crippen LogP contribution in [0, 0.1) is 5.92 Å². The number of alkyl halides is 3. The van der Waals surface area contributed by atoms with Crippen LogP contribution in [0.4, 0.5) is 13.2 Å². The van der Waals surface area contributed by atoms with Gasteiger partial charge in [-0.2, -0.15) is 13.2 Å². The Morgan fingerprint density at radius 2 is 1.86 bits per heavy atom. The minimum Gasteiger partial charge on any atom is -0.349 e. The number of benzene rings is 1. The summed E-state index contributed by atoms with van der Waals surface area (Å²) < 4.78 is 37.3. The topological polar surface area (TPSA) is 55.1 Å². The monoisotopic (exact) mass is 322 g/mol. The van der Waals surface area contributed by atoms with E-state index in [0.29, 0.717) is 6.54 Å². The highest BCUT2D eigenvalue weighted by atomic mass is 35.5. The fourth-order valence-corrected chi connectivity index (χ4v) is 2.57. The molecule has 2 rings (SSSR count). The fourth-order valence-electron chi connectivity index (χ4n) is 2.57. The SMILES string of the molecule is Cl.NCC1CCCC1NC(=O)c1ccc(C(F)(F)F)cc1. The first-order valence-electron chi connectivity index (χ1n) is 6.60. The minimum absolute atomic E-state index is 0. The molecule has 1 aliphatic carbocycles. The lowest BCUT2D eigenvalue weighted by Gasteiger charge is -2.19. The fraction of sp³-hybridized carbons (Fsp3) is 0.500. The van der Waals surface area contributed by atoms with Gasteiger partial charge in [0.05, 0.1) is 5.56 Å². The van der Waals surface area contributed by atoms with E-state index in [1.165, 1.54) is 12.1 Å². The third-order valence-corrected chi connectivity index (χ3v) is 3.75. The molecule has 0 aliphatic heterocycles. The Balaban J connectivity index is 0.00000220. The number of carbonyl (C=O) groups excluding carboxylic acids is 1. The highest BCUT2D eigenvalue weighted by molar-refractivity contribution is 5.94. The van der Waals surface area contributed by atoms with Crippen LogP contribution in [-0.4, -0.2) is 18.5 Å². The molecule has 0 heterocycles. The van der Waals surface area contributed by atoms with Gasteiger partial charge in [0.15, 0.2) is 0 Å². The van der Waals surface area contributed by atoms with Crippen molar-refractivity contribution in [3.05, 3.63) is 35.4 Å². The summed E-state index contributed by atoms with van der Waals surface area (Å²) >= 11 is 0. The molecule has 3 nitrogen and oxygen atoms in total. The lowest BCUT2D eigenvalue weighted by Crippen LogP contribution is -2.39. The van der Waals surface area contributed by atoms with Crippen molar-refractivity contribution in [2.75, 3.05) is 6.54 Å². The van der Waals surface area contributed by atoms with Crippen LogP contribution in [0.2, 0.25) is 0 Å². The van der Waals surface area contributed by atoms with Crippen molar-refractivity contribution in [3.8, 4) is 0 Å². The van der Waals surface area contributed by atoms with Gasteiger partial charge in [-0.15, -0.1) is 12.4 Å². The van der Waals surface area contributed by atoms with Crippen LogP contribution >= 0.6 is 12.4 Å². The van der Waals surface area contributed by atoms with Gasteiger partial charge in [0.25, 0.3) is 5.91 Å². The van der Waals surface area contributed by atoms with Gasteiger partial charge in [-0.05, 0) is 49.6 Å². The average molecular weight is 323 g/mol. The molecule has 0 aromatic heterocycles. The molecule has 21 heavy (non-hydrogen) atoms. The van der Waals surface area contributed by atoms with E-state index >= 15 is 0 Å². The van der Waals surface area contributed by atoms with Gasteiger partial charge >= 0.3 is 6.18 Å². The van der Waals surface area contributed by atoms with Crippen molar-refractivity contribution in [1.29, 1.82) is 0 Å². The number of nitrogens with two attached hydrogens (primary N) is 1. The molecule has 7 heteroatoms. The first-order valence-corrected chi connectivity index (χ1v) is 6.60. The summed E-state index contributed by atoms with van der Waals surface area (Å²) in [6.45, 7) is 0.512. The predicted octanol–water partition coefficient (Wildman–Crippen LogP) is 2.98. The summed E-state index contributed by atoms with van der Waals surface area (Å²) in [4.78, 5) is 12.0. The van der Waals surface area contributed by atoms with Gasteiger partial charge in [-0.25, -0.2) is 0 Å². The molecule has 0 spiro atoms. The molecule has 0 bridgehead atoms. The van der Waals surface area contributed by atoms with Crippen molar-refractivity contribution in [1.82, 2.24) is 5.32 Å². The summed E-state index contributed by atoms with van der Waals surface area (Å²) in [6.07, 6.45) is -1.52. The van der Waals surface area contributed by atoms with Gasteiger partial charge < -0.3 is 11.1 Å². The van der Waals surface area contributed by atoms with Crippen LogP contribution < -0.4 is 11.1 Å². The number of rotatable bonds is 3.